The summed E-state index contributed by atoms with van der Waals surface area (Å²) in [6.07, 6.45) is 2.94. The molecule has 2 aromatic rings. The molecule has 0 aromatic carbocycles. The third kappa shape index (κ3) is 3.92. The van der Waals surface area contributed by atoms with E-state index < -0.39 is 5.03 Å². The number of tetrazole rings is 1. The van der Waals surface area contributed by atoms with Crippen LogP contribution in [0.3, 0.4) is 0 Å². The molecule has 3 N–H and O–H groups in total. The number of aromatic nitrogens is 6. The van der Waals surface area contributed by atoms with Crippen molar-refractivity contribution in [2.75, 3.05) is 5.17 Å². The lowest BCUT2D eigenvalue weighted by molar-refractivity contribution is -0.554. The van der Waals surface area contributed by atoms with Crippen molar-refractivity contribution >= 4 is 5.95 Å². The van der Waals surface area contributed by atoms with Gasteiger partial charge in [0.15, 0.2) is 5.03 Å². The maximum absolute atomic E-state index is 9.71. The molecule has 0 aliphatic heterocycles. The quantitative estimate of drug-likeness (QED) is 0.400. The fraction of sp³-hybridized carbons (Fsp3) is 0. The molecule has 0 saturated heterocycles. The molecule has 86 valence electrons. The molecule has 0 radical (unpaired) electrons. The van der Waals surface area contributed by atoms with Crippen LogP contribution in [0, 0.1) is 10.1 Å². The van der Waals surface area contributed by atoms with E-state index in [0.29, 0.717) is 0 Å². The average Bonchev–Trinajstić information content (AvgIpc) is 2.94. The normalized spacial score (nSPS) is 8.81. The Balaban J connectivity index is 0.000000212. The first kappa shape index (κ1) is 11.2. The van der Waals surface area contributed by atoms with Crippen LogP contribution >= 0.6 is 0 Å². The van der Waals surface area contributed by atoms with Crippen molar-refractivity contribution in [3.63, 3.8) is 0 Å². The minimum absolute atomic E-state index is 0.0174. The average molecular weight is 231 g/mol. The maximum atomic E-state index is 9.71. The third-order valence-electron chi connectivity index (χ3n) is 0.983. The van der Waals surface area contributed by atoms with Gasteiger partial charge in [0.25, 0.3) is 0 Å². The molecule has 0 aliphatic rings. The number of nitrogens with one attached hydrogen (secondary N) is 2. The van der Waals surface area contributed by atoms with Gasteiger partial charge in [-0.25, -0.2) is 14.7 Å². The molecule has 0 bridgehead atoms. The summed E-state index contributed by atoms with van der Waals surface area (Å²) in [4.78, 5) is 9.71. The number of anilines is 1. The molecule has 0 unspecified atom stereocenters. The van der Waals surface area contributed by atoms with Crippen LogP contribution in [0.5, 0.6) is 0 Å². The molecular weight excluding hydrogens is 226 g/mol. The van der Waals surface area contributed by atoms with Gasteiger partial charge in [-0.15, -0.1) is 5.10 Å². The van der Waals surface area contributed by atoms with Crippen LogP contribution in [0.15, 0.2) is 17.0 Å². The predicted molar refractivity (Wildman–Crippen MR) is 42.9 cm³/mol. The van der Waals surface area contributed by atoms with E-state index in [1.165, 1.54) is 17.9 Å². The van der Waals surface area contributed by atoms with E-state index in [0.717, 1.165) is 0 Å². The van der Waals surface area contributed by atoms with Crippen LogP contribution < -0.4 is 10.7 Å². The van der Waals surface area contributed by atoms with Crippen molar-refractivity contribution in [1.82, 2.24) is 36.5 Å². The highest BCUT2D eigenvalue weighted by atomic mass is 16.7. The third-order valence-corrected chi connectivity index (χ3v) is 0.983. The molecule has 0 saturated carbocycles. The van der Waals surface area contributed by atoms with E-state index in [2.05, 4.69) is 30.4 Å². The summed E-state index contributed by atoms with van der Waals surface area (Å²) in [5.74, 6) is -0.346. The lowest BCUT2D eigenvalue weighted by Crippen LogP contribution is -2.40. The van der Waals surface area contributed by atoms with E-state index >= 15 is 0 Å². The number of hydrogen-bond donors (Lipinski definition) is 3. The van der Waals surface area contributed by atoms with Gasteiger partial charge in [0.05, 0.1) is 12.4 Å². The standard InChI is InChI=1S/C2H2N2O.CH3N7O3/c1-2-4-5-3-1;9-7(6-8(10)11)1-2-4-5-3-1/h1-2H;6,9H,(H,2,3,4,5). The second-order valence-corrected chi connectivity index (χ2v) is 1.97. The van der Waals surface area contributed by atoms with Gasteiger partial charge >= 0.3 is 5.95 Å². The Labute approximate surface area is 86.1 Å². The van der Waals surface area contributed by atoms with Gasteiger partial charge in [-0.2, -0.15) is 5.21 Å². The number of nitrogens with zero attached hydrogens (tertiary/aromatic N) is 7. The topological polar surface area (TPSA) is 172 Å². The summed E-state index contributed by atoms with van der Waals surface area (Å²) < 4.78 is 4.08. The lowest BCUT2D eigenvalue weighted by Gasteiger charge is -2.04. The van der Waals surface area contributed by atoms with Gasteiger partial charge in [-0.1, -0.05) is 20.6 Å². The number of H-pyrrole nitrogens is 1. The van der Waals surface area contributed by atoms with E-state index in [1.807, 2.05) is 5.21 Å². The summed E-state index contributed by atoms with van der Waals surface area (Å²) in [7, 11) is 0. The Morgan fingerprint density at radius 2 is 2.25 bits per heavy atom. The number of rotatable bonds is 3. The van der Waals surface area contributed by atoms with Crippen LogP contribution in [0.1, 0.15) is 0 Å². The molecule has 0 fully saturated rings. The molecule has 13 heteroatoms. The second kappa shape index (κ2) is 5.81. The Hall–Kier alpha value is -2.83. The fourth-order valence-corrected chi connectivity index (χ4v) is 0.504. The SMILES string of the molecule is O=[N+]([O-])NN(O)c1nn[nH]n1.c1cnon1. The van der Waals surface area contributed by atoms with E-state index in [1.54, 1.807) is 0 Å². The first-order valence-corrected chi connectivity index (χ1v) is 3.55. The fourth-order valence-electron chi connectivity index (χ4n) is 0.504. The molecule has 0 aliphatic carbocycles. The largest absolute Gasteiger partial charge is 0.314 e. The summed E-state index contributed by atoms with van der Waals surface area (Å²) in [5, 5.41) is 35.4. The minimum atomic E-state index is -0.976. The predicted octanol–water partition coefficient (Wildman–Crippen LogP) is -1.84. The van der Waals surface area contributed by atoms with Gasteiger partial charge < -0.3 is 0 Å². The summed E-state index contributed by atoms with van der Waals surface area (Å²) in [5.41, 5.74) is 1.37. The van der Waals surface area contributed by atoms with Gasteiger partial charge in [-0.3, -0.25) is 5.21 Å². The number of hydrazine groups is 2. The van der Waals surface area contributed by atoms with Crippen molar-refractivity contribution < 1.29 is 14.9 Å². The van der Waals surface area contributed by atoms with Crippen LogP contribution in [-0.2, 0) is 0 Å². The zero-order valence-electron chi connectivity index (χ0n) is 7.46. The maximum Gasteiger partial charge on any atom is 0.314 e. The van der Waals surface area contributed by atoms with Crippen molar-refractivity contribution in [1.29, 1.82) is 0 Å². The summed E-state index contributed by atoms with van der Waals surface area (Å²) in [6, 6.07) is 0. The van der Waals surface area contributed by atoms with Crippen molar-refractivity contribution in [2.45, 2.75) is 0 Å². The van der Waals surface area contributed by atoms with E-state index in [9.17, 15) is 10.1 Å². The highest BCUT2D eigenvalue weighted by molar-refractivity contribution is 5.15. The molecule has 0 atom stereocenters. The van der Waals surface area contributed by atoms with Crippen molar-refractivity contribution in [3.8, 4) is 0 Å². The summed E-state index contributed by atoms with van der Waals surface area (Å²) >= 11 is 0. The highest BCUT2D eigenvalue weighted by Gasteiger charge is 2.10. The first-order chi connectivity index (χ1) is 7.70. The summed E-state index contributed by atoms with van der Waals surface area (Å²) in [6.45, 7) is 0. The first-order valence-electron chi connectivity index (χ1n) is 3.55. The molecule has 0 spiro atoms. The molecule has 2 heterocycles. The molecule has 2 aromatic heterocycles. The molecule has 2 rings (SSSR count). The van der Waals surface area contributed by atoms with Crippen LogP contribution in [0.25, 0.3) is 0 Å². The number of nitro groups is 1. The van der Waals surface area contributed by atoms with Gasteiger partial charge in [0.2, 0.25) is 0 Å². The Bertz CT molecular complexity index is 368. The van der Waals surface area contributed by atoms with Gasteiger partial charge in [0, 0.05) is 0 Å². The number of aromatic amines is 1. The minimum Gasteiger partial charge on any atom is -0.262 e. The van der Waals surface area contributed by atoms with Crippen molar-refractivity contribution in [3.05, 3.63) is 22.5 Å². The van der Waals surface area contributed by atoms with E-state index in [-0.39, 0.29) is 11.1 Å². The van der Waals surface area contributed by atoms with Crippen LogP contribution in [0.2, 0.25) is 0 Å². The Kier molecular flexibility index (Phi) is 4.08. The van der Waals surface area contributed by atoms with Crippen LogP contribution in [0.4, 0.5) is 5.95 Å². The zero-order chi connectivity index (χ0) is 11.8. The smallest absolute Gasteiger partial charge is 0.262 e. The highest BCUT2D eigenvalue weighted by Crippen LogP contribution is 1.93. The van der Waals surface area contributed by atoms with Gasteiger partial charge in [-0.05, 0) is 10.7 Å². The Morgan fingerprint density at radius 3 is 2.62 bits per heavy atom. The number of hydrogen-bond acceptors (Lipinski definition) is 10. The molecule has 13 nitrogen and oxygen atoms in total. The molecular formula is C3H5N9O4. The van der Waals surface area contributed by atoms with E-state index in [4.69, 9.17) is 5.21 Å². The molecule has 16 heavy (non-hydrogen) atoms. The monoisotopic (exact) mass is 231 g/mol. The second-order valence-electron chi connectivity index (χ2n) is 1.97. The molecule has 0 amide bonds. The Morgan fingerprint density at radius 1 is 1.56 bits per heavy atom. The van der Waals surface area contributed by atoms with Crippen molar-refractivity contribution in [2.24, 2.45) is 0 Å². The lowest BCUT2D eigenvalue weighted by atomic mass is 11.0. The zero-order valence-corrected chi connectivity index (χ0v) is 7.46. The van der Waals surface area contributed by atoms with Gasteiger partial charge in [0.1, 0.15) is 0 Å². The van der Waals surface area contributed by atoms with Crippen LogP contribution in [-0.4, -0.2) is 41.2 Å².